The minimum atomic E-state index is -1.16. The molecule has 0 aliphatic carbocycles. The van der Waals surface area contributed by atoms with E-state index in [9.17, 15) is 14.4 Å². The van der Waals surface area contributed by atoms with Crippen molar-refractivity contribution >= 4 is 17.6 Å². The first-order chi connectivity index (χ1) is 8.97. The van der Waals surface area contributed by atoms with Crippen LogP contribution < -0.4 is 11.2 Å². The highest BCUT2D eigenvalue weighted by molar-refractivity contribution is 6.30. The van der Waals surface area contributed by atoms with Gasteiger partial charge in [0.1, 0.15) is 10.7 Å². The van der Waals surface area contributed by atoms with Gasteiger partial charge in [0.05, 0.1) is 12.2 Å². The maximum absolute atomic E-state index is 11.5. The van der Waals surface area contributed by atoms with E-state index in [0.717, 1.165) is 4.57 Å². The summed E-state index contributed by atoms with van der Waals surface area (Å²) in [6.45, 7) is 0.0104. The summed E-state index contributed by atoms with van der Waals surface area (Å²) in [7, 11) is 0. The average Bonchev–Trinajstić information content (AvgIpc) is 2.36. The Kier molecular flexibility index (Phi) is 3.48. The number of nitrogens with zero attached hydrogens (tertiary/aromatic N) is 2. The lowest BCUT2D eigenvalue weighted by atomic mass is 10.3. The molecule has 98 valence electrons. The summed E-state index contributed by atoms with van der Waals surface area (Å²) < 4.78 is 1.14. The van der Waals surface area contributed by atoms with Gasteiger partial charge >= 0.3 is 11.7 Å². The van der Waals surface area contributed by atoms with Crippen molar-refractivity contribution in [2.24, 2.45) is 0 Å². The van der Waals surface area contributed by atoms with E-state index in [0.29, 0.717) is 5.69 Å². The molecule has 2 aromatic heterocycles. The fraction of sp³-hybridized carbons (Fsp3) is 0.0909. The van der Waals surface area contributed by atoms with Crippen molar-refractivity contribution in [1.29, 1.82) is 0 Å². The van der Waals surface area contributed by atoms with Crippen LogP contribution in [-0.2, 0) is 6.54 Å². The molecule has 0 atom stereocenters. The Hall–Kier alpha value is -2.41. The van der Waals surface area contributed by atoms with Crippen molar-refractivity contribution in [2.45, 2.75) is 6.54 Å². The largest absolute Gasteiger partial charge is 0.477 e. The molecule has 0 saturated heterocycles. The van der Waals surface area contributed by atoms with Crippen LogP contribution in [0.25, 0.3) is 0 Å². The number of halogens is 1. The van der Waals surface area contributed by atoms with Crippen LogP contribution in [0.1, 0.15) is 16.2 Å². The Morgan fingerprint density at radius 3 is 2.84 bits per heavy atom. The lowest BCUT2D eigenvalue weighted by Crippen LogP contribution is -2.30. The van der Waals surface area contributed by atoms with Crippen LogP contribution in [0.3, 0.4) is 0 Å². The van der Waals surface area contributed by atoms with Crippen LogP contribution >= 0.6 is 11.6 Å². The zero-order valence-electron chi connectivity index (χ0n) is 9.46. The van der Waals surface area contributed by atoms with Crippen LogP contribution in [0, 0.1) is 0 Å². The second-order valence-corrected chi connectivity index (χ2v) is 4.09. The highest BCUT2D eigenvalue weighted by Gasteiger charge is 2.07. The minimum absolute atomic E-state index is 0.0104. The number of nitrogens with one attached hydrogen (secondary N) is 1. The van der Waals surface area contributed by atoms with Gasteiger partial charge in [-0.2, -0.15) is 0 Å². The minimum Gasteiger partial charge on any atom is -0.477 e. The van der Waals surface area contributed by atoms with E-state index < -0.39 is 17.2 Å². The van der Waals surface area contributed by atoms with Crippen molar-refractivity contribution in [3.05, 3.63) is 61.6 Å². The molecule has 19 heavy (non-hydrogen) atoms. The molecule has 0 amide bonds. The third-order valence-corrected chi connectivity index (χ3v) is 2.59. The SMILES string of the molecule is O=C(O)c1cccc(Cn2cc(Cl)c(=O)[nH]c2=O)n1. The fourth-order valence-electron chi connectivity index (χ4n) is 1.46. The standard InChI is InChI=1S/C11H8ClN3O4/c12-7-5-15(11(19)14-9(7)16)4-6-2-1-3-8(13-6)10(17)18/h1-3,5H,4H2,(H,17,18)(H,14,16,19). The van der Waals surface area contributed by atoms with E-state index in [4.69, 9.17) is 16.7 Å². The van der Waals surface area contributed by atoms with E-state index in [-0.39, 0.29) is 17.3 Å². The van der Waals surface area contributed by atoms with Crippen molar-refractivity contribution in [1.82, 2.24) is 14.5 Å². The molecule has 0 radical (unpaired) electrons. The summed E-state index contributed by atoms with van der Waals surface area (Å²) in [5.41, 5.74) is -1.07. The van der Waals surface area contributed by atoms with Crippen molar-refractivity contribution < 1.29 is 9.90 Å². The second-order valence-electron chi connectivity index (χ2n) is 3.68. The molecule has 2 N–H and O–H groups in total. The molecule has 0 aromatic carbocycles. The number of aromatic nitrogens is 3. The number of carboxylic acids is 1. The van der Waals surface area contributed by atoms with Crippen molar-refractivity contribution in [3.8, 4) is 0 Å². The van der Waals surface area contributed by atoms with Crippen LogP contribution in [0.15, 0.2) is 34.0 Å². The first-order valence-electron chi connectivity index (χ1n) is 5.16. The molecule has 2 rings (SSSR count). The first-order valence-corrected chi connectivity index (χ1v) is 5.53. The summed E-state index contributed by atoms with van der Waals surface area (Å²) in [5, 5.41) is 8.68. The summed E-state index contributed by atoms with van der Waals surface area (Å²) in [5.74, 6) is -1.16. The monoisotopic (exact) mass is 281 g/mol. The number of H-pyrrole nitrogens is 1. The lowest BCUT2D eigenvalue weighted by Gasteiger charge is -2.05. The van der Waals surface area contributed by atoms with Crippen molar-refractivity contribution in [2.75, 3.05) is 0 Å². The van der Waals surface area contributed by atoms with E-state index in [1.807, 2.05) is 4.98 Å². The van der Waals surface area contributed by atoms with Gasteiger partial charge in [0.15, 0.2) is 0 Å². The molecule has 0 spiro atoms. The van der Waals surface area contributed by atoms with Crippen molar-refractivity contribution in [3.63, 3.8) is 0 Å². The summed E-state index contributed by atoms with van der Waals surface area (Å²) in [6.07, 6.45) is 1.18. The Balaban J connectivity index is 2.39. The number of pyridine rings is 1. The molecular formula is C11H8ClN3O4. The van der Waals surface area contributed by atoms with Gasteiger partial charge in [-0.15, -0.1) is 0 Å². The van der Waals surface area contributed by atoms with E-state index in [1.54, 1.807) is 6.07 Å². The Morgan fingerprint density at radius 2 is 2.16 bits per heavy atom. The predicted octanol–water partition coefficient (Wildman–Crippen LogP) is 0.331. The highest BCUT2D eigenvalue weighted by Crippen LogP contribution is 2.03. The van der Waals surface area contributed by atoms with Crippen LogP contribution in [-0.4, -0.2) is 25.6 Å². The average molecular weight is 282 g/mol. The predicted molar refractivity (Wildman–Crippen MR) is 66.6 cm³/mol. The quantitative estimate of drug-likeness (QED) is 0.843. The number of carbonyl (C=O) groups is 1. The molecule has 8 heteroatoms. The normalized spacial score (nSPS) is 10.4. The number of rotatable bonds is 3. The molecule has 0 aliphatic rings. The molecule has 0 aliphatic heterocycles. The Labute approximate surface area is 111 Å². The van der Waals surface area contributed by atoms with Crippen LogP contribution in [0.4, 0.5) is 0 Å². The molecule has 0 saturated carbocycles. The summed E-state index contributed by atoms with van der Waals surface area (Å²) in [4.78, 5) is 39.3. The third-order valence-electron chi connectivity index (χ3n) is 2.33. The molecule has 7 nitrogen and oxygen atoms in total. The van der Waals surface area contributed by atoms with Gasteiger partial charge < -0.3 is 5.11 Å². The van der Waals surface area contributed by atoms with E-state index >= 15 is 0 Å². The van der Waals surface area contributed by atoms with Gasteiger partial charge in [0, 0.05) is 6.20 Å². The van der Waals surface area contributed by atoms with Gasteiger partial charge in [-0.05, 0) is 12.1 Å². The Bertz CT molecular complexity index is 750. The number of carboxylic acid groups (broad SMARTS) is 1. The summed E-state index contributed by atoms with van der Waals surface area (Å²) >= 11 is 5.62. The molecule has 0 fully saturated rings. The first kappa shape index (κ1) is 13.0. The topological polar surface area (TPSA) is 105 Å². The highest BCUT2D eigenvalue weighted by atomic mass is 35.5. The summed E-state index contributed by atoms with van der Waals surface area (Å²) in [6, 6.07) is 4.43. The van der Waals surface area contributed by atoms with Gasteiger partial charge in [0.2, 0.25) is 0 Å². The van der Waals surface area contributed by atoms with Gasteiger partial charge in [0.25, 0.3) is 5.56 Å². The Morgan fingerprint density at radius 1 is 1.42 bits per heavy atom. The molecule has 0 bridgehead atoms. The third kappa shape index (κ3) is 2.89. The van der Waals surface area contributed by atoms with Gasteiger partial charge in [-0.25, -0.2) is 14.6 Å². The van der Waals surface area contributed by atoms with E-state index in [2.05, 4.69) is 4.98 Å². The smallest absolute Gasteiger partial charge is 0.354 e. The van der Waals surface area contributed by atoms with Crippen LogP contribution in [0.2, 0.25) is 5.02 Å². The maximum atomic E-state index is 11.5. The number of aromatic carboxylic acids is 1. The fourth-order valence-corrected chi connectivity index (χ4v) is 1.63. The van der Waals surface area contributed by atoms with E-state index in [1.165, 1.54) is 18.3 Å². The molecular weight excluding hydrogens is 274 g/mol. The number of aromatic amines is 1. The second kappa shape index (κ2) is 5.07. The van der Waals surface area contributed by atoms with Crippen LogP contribution in [0.5, 0.6) is 0 Å². The zero-order chi connectivity index (χ0) is 14.0. The molecule has 2 heterocycles. The van der Waals surface area contributed by atoms with Gasteiger partial charge in [-0.1, -0.05) is 17.7 Å². The zero-order valence-corrected chi connectivity index (χ0v) is 10.2. The molecule has 2 aromatic rings. The number of hydrogen-bond donors (Lipinski definition) is 2. The number of hydrogen-bond acceptors (Lipinski definition) is 4. The maximum Gasteiger partial charge on any atom is 0.354 e. The molecule has 0 unspecified atom stereocenters. The lowest BCUT2D eigenvalue weighted by molar-refractivity contribution is 0.0690. The van der Waals surface area contributed by atoms with Gasteiger partial charge in [-0.3, -0.25) is 14.3 Å².